The van der Waals surface area contributed by atoms with Crippen LogP contribution in [0, 0.1) is 0 Å². The number of hydrogen-bond donors (Lipinski definition) is 2. The van der Waals surface area contributed by atoms with Gasteiger partial charge >= 0.3 is 0 Å². The van der Waals surface area contributed by atoms with E-state index in [1.165, 1.54) is 0 Å². The Balaban J connectivity index is 1.97. The van der Waals surface area contributed by atoms with E-state index in [0.29, 0.717) is 11.5 Å². The molecule has 6 nitrogen and oxygen atoms in total. The average Bonchev–Trinajstić information content (AvgIpc) is 2.52. The highest BCUT2D eigenvalue weighted by atomic mass is 16.1. The quantitative estimate of drug-likeness (QED) is 0.577. The molecule has 0 unspecified atom stereocenters. The van der Waals surface area contributed by atoms with Gasteiger partial charge in [-0.2, -0.15) is 4.98 Å². The molecule has 2 rings (SSSR count). The number of nitrogens with zero attached hydrogens (tertiary/aromatic N) is 3. The zero-order chi connectivity index (χ0) is 16.7. The second kappa shape index (κ2) is 8.24. The average molecular weight is 313 g/mol. The highest BCUT2D eigenvalue weighted by Crippen LogP contribution is 2.16. The summed E-state index contributed by atoms with van der Waals surface area (Å²) < 4.78 is 0. The predicted molar refractivity (Wildman–Crippen MR) is 93.4 cm³/mol. The minimum absolute atomic E-state index is 0.0332. The van der Waals surface area contributed by atoms with Crippen molar-refractivity contribution in [2.24, 2.45) is 0 Å². The largest absolute Gasteiger partial charge is 0.370 e. The summed E-state index contributed by atoms with van der Waals surface area (Å²) in [5.74, 6) is 1.32. The van der Waals surface area contributed by atoms with Crippen molar-refractivity contribution >= 4 is 23.2 Å². The Morgan fingerprint density at radius 3 is 2.83 bits per heavy atom. The van der Waals surface area contributed by atoms with E-state index in [0.717, 1.165) is 31.0 Å². The van der Waals surface area contributed by atoms with Crippen LogP contribution in [-0.4, -0.2) is 47.8 Å². The summed E-state index contributed by atoms with van der Waals surface area (Å²) in [4.78, 5) is 22.2. The lowest BCUT2D eigenvalue weighted by molar-refractivity contribution is 0.101. The third-order valence-electron chi connectivity index (χ3n) is 3.27. The first-order valence-corrected chi connectivity index (χ1v) is 7.64. The summed E-state index contributed by atoms with van der Waals surface area (Å²) in [6, 6.07) is 9.14. The predicted octanol–water partition coefficient (Wildman–Crippen LogP) is 2.79. The molecule has 1 aromatic carbocycles. The number of rotatable bonds is 8. The van der Waals surface area contributed by atoms with Crippen LogP contribution in [0.15, 0.2) is 36.5 Å². The van der Waals surface area contributed by atoms with Crippen LogP contribution in [0.3, 0.4) is 0 Å². The lowest BCUT2D eigenvalue weighted by atomic mass is 10.1. The van der Waals surface area contributed by atoms with E-state index in [-0.39, 0.29) is 5.78 Å². The fourth-order valence-electron chi connectivity index (χ4n) is 2.07. The summed E-state index contributed by atoms with van der Waals surface area (Å²) in [5, 5.41) is 6.41. The Kier molecular flexibility index (Phi) is 6.05. The third kappa shape index (κ3) is 5.67. The van der Waals surface area contributed by atoms with Gasteiger partial charge in [0.2, 0.25) is 5.95 Å². The van der Waals surface area contributed by atoms with Gasteiger partial charge < -0.3 is 15.5 Å². The molecule has 0 saturated heterocycles. The number of Topliss-reactive ketones (excluding diaryl/α,β-unsaturated/α-hetero) is 1. The maximum atomic E-state index is 11.4. The van der Waals surface area contributed by atoms with Crippen molar-refractivity contribution in [2.45, 2.75) is 13.3 Å². The van der Waals surface area contributed by atoms with Crippen LogP contribution in [0.2, 0.25) is 0 Å². The van der Waals surface area contributed by atoms with Gasteiger partial charge in [-0.25, -0.2) is 4.98 Å². The van der Waals surface area contributed by atoms with Crippen molar-refractivity contribution < 1.29 is 4.79 Å². The standard InChI is InChI=1S/C17H23N5O/c1-13(23)14-6-4-7-15(12-14)20-17-19-10-8-16(21-17)18-9-5-11-22(2)3/h4,6-8,10,12H,5,9,11H2,1-3H3,(H2,18,19,20,21). The Labute approximate surface area is 137 Å². The van der Waals surface area contributed by atoms with E-state index in [4.69, 9.17) is 0 Å². The Bertz CT molecular complexity index is 657. The Morgan fingerprint density at radius 2 is 2.09 bits per heavy atom. The Hall–Kier alpha value is -2.47. The first kappa shape index (κ1) is 16.9. The zero-order valence-electron chi connectivity index (χ0n) is 13.8. The molecule has 0 aliphatic rings. The summed E-state index contributed by atoms with van der Waals surface area (Å²) in [6.45, 7) is 3.43. The number of hydrogen-bond acceptors (Lipinski definition) is 6. The minimum atomic E-state index is 0.0332. The van der Waals surface area contributed by atoms with Gasteiger partial charge in [0, 0.05) is 24.0 Å². The van der Waals surface area contributed by atoms with Crippen LogP contribution in [0.1, 0.15) is 23.7 Å². The summed E-state index contributed by atoms with van der Waals surface area (Å²) in [5.41, 5.74) is 1.45. The summed E-state index contributed by atoms with van der Waals surface area (Å²) in [7, 11) is 4.11. The van der Waals surface area contributed by atoms with Gasteiger partial charge in [0.15, 0.2) is 5.78 Å². The molecule has 1 aromatic heterocycles. The van der Waals surface area contributed by atoms with Crippen molar-refractivity contribution in [3.05, 3.63) is 42.1 Å². The van der Waals surface area contributed by atoms with E-state index >= 15 is 0 Å². The number of carbonyl (C=O) groups is 1. The highest BCUT2D eigenvalue weighted by Gasteiger charge is 2.03. The van der Waals surface area contributed by atoms with Gasteiger partial charge in [-0.15, -0.1) is 0 Å². The van der Waals surface area contributed by atoms with Crippen molar-refractivity contribution in [2.75, 3.05) is 37.8 Å². The van der Waals surface area contributed by atoms with Gasteiger partial charge in [-0.05, 0) is 52.2 Å². The van der Waals surface area contributed by atoms with Crippen LogP contribution in [-0.2, 0) is 0 Å². The lowest BCUT2D eigenvalue weighted by Crippen LogP contribution is -2.16. The van der Waals surface area contributed by atoms with Gasteiger partial charge in [0.25, 0.3) is 0 Å². The van der Waals surface area contributed by atoms with Crippen molar-refractivity contribution in [3.8, 4) is 0 Å². The van der Waals surface area contributed by atoms with E-state index in [2.05, 4.69) is 39.6 Å². The maximum Gasteiger partial charge on any atom is 0.229 e. The van der Waals surface area contributed by atoms with Crippen LogP contribution in [0.5, 0.6) is 0 Å². The molecule has 6 heteroatoms. The molecule has 23 heavy (non-hydrogen) atoms. The molecule has 0 aliphatic carbocycles. The molecule has 2 aromatic rings. The lowest BCUT2D eigenvalue weighted by Gasteiger charge is -2.11. The molecule has 0 aliphatic heterocycles. The van der Waals surface area contributed by atoms with Gasteiger partial charge in [0.1, 0.15) is 5.82 Å². The number of carbonyl (C=O) groups excluding carboxylic acids is 1. The molecule has 0 radical (unpaired) electrons. The number of benzene rings is 1. The van der Waals surface area contributed by atoms with Crippen LogP contribution in [0.25, 0.3) is 0 Å². The van der Waals surface area contributed by atoms with Crippen LogP contribution >= 0.6 is 0 Å². The summed E-state index contributed by atoms with van der Waals surface area (Å²) in [6.07, 6.45) is 2.75. The van der Waals surface area contributed by atoms with Crippen LogP contribution < -0.4 is 10.6 Å². The molecule has 0 bridgehead atoms. The summed E-state index contributed by atoms with van der Waals surface area (Å²) >= 11 is 0. The number of ketones is 1. The second-order valence-corrected chi connectivity index (χ2v) is 5.61. The first-order valence-electron chi connectivity index (χ1n) is 7.64. The fraction of sp³-hybridized carbons (Fsp3) is 0.353. The van der Waals surface area contributed by atoms with E-state index in [1.807, 2.05) is 18.2 Å². The first-order chi connectivity index (χ1) is 11.0. The topological polar surface area (TPSA) is 70.2 Å². The third-order valence-corrected chi connectivity index (χ3v) is 3.27. The Morgan fingerprint density at radius 1 is 1.26 bits per heavy atom. The molecule has 122 valence electrons. The fourth-order valence-corrected chi connectivity index (χ4v) is 2.07. The molecule has 0 amide bonds. The molecule has 0 spiro atoms. The van der Waals surface area contributed by atoms with E-state index in [1.54, 1.807) is 25.3 Å². The molecular weight excluding hydrogens is 290 g/mol. The number of nitrogens with one attached hydrogen (secondary N) is 2. The number of aromatic nitrogens is 2. The second-order valence-electron chi connectivity index (χ2n) is 5.61. The van der Waals surface area contributed by atoms with Crippen molar-refractivity contribution in [1.82, 2.24) is 14.9 Å². The number of anilines is 3. The van der Waals surface area contributed by atoms with Gasteiger partial charge in [-0.3, -0.25) is 4.79 Å². The van der Waals surface area contributed by atoms with E-state index in [9.17, 15) is 4.79 Å². The van der Waals surface area contributed by atoms with Gasteiger partial charge in [0.05, 0.1) is 0 Å². The molecule has 2 N–H and O–H groups in total. The molecular formula is C17H23N5O. The van der Waals surface area contributed by atoms with Gasteiger partial charge in [-0.1, -0.05) is 12.1 Å². The normalized spacial score (nSPS) is 10.6. The molecule has 0 atom stereocenters. The van der Waals surface area contributed by atoms with Crippen LogP contribution in [0.4, 0.5) is 17.5 Å². The highest BCUT2D eigenvalue weighted by molar-refractivity contribution is 5.95. The van der Waals surface area contributed by atoms with Crippen molar-refractivity contribution in [1.29, 1.82) is 0 Å². The molecule has 0 fully saturated rings. The van der Waals surface area contributed by atoms with Crippen molar-refractivity contribution in [3.63, 3.8) is 0 Å². The maximum absolute atomic E-state index is 11.4. The van der Waals surface area contributed by atoms with E-state index < -0.39 is 0 Å². The molecule has 0 saturated carbocycles. The zero-order valence-corrected chi connectivity index (χ0v) is 13.8. The molecule has 1 heterocycles. The SMILES string of the molecule is CC(=O)c1cccc(Nc2nccc(NCCCN(C)C)n2)c1. The minimum Gasteiger partial charge on any atom is -0.370 e. The monoisotopic (exact) mass is 313 g/mol. The smallest absolute Gasteiger partial charge is 0.229 e.